The van der Waals surface area contributed by atoms with Gasteiger partial charge in [-0.3, -0.25) is 0 Å². The van der Waals surface area contributed by atoms with Gasteiger partial charge in [0.25, 0.3) is 0 Å². The van der Waals surface area contributed by atoms with E-state index in [1.165, 1.54) is 30.3 Å². The van der Waals surface area contributed by atoms with Gasteiger partial charge in [-0.1, -0.05) is 29.8 Å². The fourth-order valence-electron chi connectivity index (χ4n) is 1.81. The zero-order chi connectivity index (χ0) is 14.0. The Balaban J connectivity index is 2.31. The fourth-order valence-corrected chi connectivity index (χ4v) is 2.43. The van der Waals surface area contributed by atoms with Crippen molar-refractivity contribution < 1.29 is 13.9 Å². The minimum absolute atomic E-state index is 0.0844. The van der Waals surface area contributed by atoms with Crippen molar-refractivity contribution in [3.05, 3.63) is 68.7 Å². The number of hydrogen-bond acceptors (Lipinski definition) is 1. The van der Waals surface area contributed by atoms with Gasteiger partial charge in [-0.25, -0.2) is 8.78 Å². The van der Waals surface area contributed by atoms with Crippen LogP contribution >= 0.6 is 27.5 Å². The van der Waals surface area contributed by atoms with Crippen molar-refractivity contribution in [3.63, 3.8) is 0 Å². The highest BCUT2D eigenvalue weighted by Crippen LogP contribution is 2.29. The zero-order valence-electron chi connectivity index (χ0n) is 9.71. The Labute approximate surface area is 123 Å². The molecule has 100 valence electrons. The topological polar surface area (TPSA) is 20.2 Å². The van der Waals surface area contributed by atoms with Crippen molar-refractivity contribution in [3.8, 4) is 0 Å². The summed E-state index contributed by atoms with van der Waals surface area (Å²) in [5, 5.41) is 10.3. The standard InChI is InChI=1S/C14H10BrClF2O/c15-10-4-1-3-8(14(10)18)13(19)7-9-11(16)5-2-6-12(9)17/h1-6,13,19H,7H2. The molecule has 2 aromatic carbocycles. The Morgan fingerprint density at radius 1 is 1.16 bits per heavy atom. The van der Waals surface area contributed by atoms with Crippen molar-refractivity contribution in [2.45, 2.75) is 12.5 Å². The highest BCUT2D eigenvalue weighted by Gasteiger charge is 2.18. The van der Waals surface area contributed by atoms with Gasteiger partial charge in [0.15, 0.2) is 0 Å². The maximum Gasteiger partial charge on any atom is 0.143 e. The third kappa shape index (κ3) is 3.14. The summed E-state index contributed by atoms with van der Waals surface area (Å²) in [6.07, 6.45) is -1.24. The molecule has 0 bridgehead atoms. The van der Waals surface area contributed by atoms with Gasteiger partial charge in [0.05, 0.1) is 10.6 Å². The van der Waals surface area contributed by atoms with Crippen LogP contribution in [-0.4, -0.2) is 5.11 Å². The predicted molar refractivity (Wildman–Crippen MR) is 74.2 cm³/mol. The Morgan fingerprint density at radius 2 is 1.84 bits per heavy atom. The smallest absolute Gasteiger partial charge is 0.143 e. The molecular weight excluding hydrogens is 338 g/mol. The fraction of sp³-hybridized carbons (Fsp3) is 0.143. The molecule has 2 aromatic rings. The lowest BCUT2D eigenvalue weighted by Gasteiger charge is -2.14. The average Bonchev–Trinajstić information content (AvgIpc) is 2.37. The van der Waals surface area contributed by atoms with Crippen LogP contribution < -0.4 is 0 Å². The monoisotopic (exact) mass is 346 g/mol. The summed E-state index contributed by atoms with van der Waals surface area (Å²) in [7, 11) is 0. The molecule has 0 amide bonds. The van der Waals surface area contributed by atoms with Gasteiger partial charge in [0, 0.05) is 22.6 Å². The highest BCUT2D eigenvalue weighted by molar-refractivity contribution is 9.10. The lowest BCUT2D eigenvalue weighted by molar-refractivity contribution is 0.172. The number of hydrogen-bond donors (Lipinski definition) is 1. The minimum atomic E-state index is -1.16. The summed E-state index contributed by atoms with van der Waals surface area (Å²) < 4.78 is 27.7. The lowest BCUT2D eigenvalue weighted by atomic mass is 10.0. The second-order valence-electron chi connectivity index (χ2n) is 4.06. The molecule has 0 fully saturated rings. The van der Waals surface area contributed by atoms with Crippen LogP contribution in [0.25, 0.3) is 0 Å². The number of benzene rings is 2. The molecule has 0 aliphatic heterocycles. The first-order valence-electron chi connectivity index (χ1n) is 5.55. The van der Waals surface area contributed by atoms with Crippen LogP contribution in [0.1, 0.15) is 17.2 Å². The Hall–Kier alpha value is -0.970. The zero-order valence-corrected chi connectivity index (χ0v) is 12.0. The number of halogens is 4. The predicted octanol–water partition coefficient (Wildman–Crippen LogP) is 4.66. The molecule has 19 heavy (non-hydrogen) atoms. The van der Waals surface area contributed by atoms with Gasteiger partial charge in [0.2, 0.25) is 0 Å². The molecule has 0 aliphatic carbocycles. The minimum Gasteiger partial charge on any atom is -0.388 e. The van der Waals surface area contributed by atoms with E-state index in [2.05, 4.69) is 15.9 Å². The molecule has 0 saturated heterocycles. The molecule has 0 aromatic heterocycles. The van der Waals surface area contributed by atoms with E-state index in [4.69, 9.17) is 11.6 Å². The Bertz CT molecular complexity index is 584. The van der Waals surface area contributed by atoms with Crippen LogP contribution in [0.2, 0.25) is 5.02 Å². The van der Waals surface area contributed by atoms with Crippen LogP contribution in [0.3, 0.4) is 0 Å². The molecule has 1 N–H and O–H groups in total. The van der Waals surface area contributed by atoms with Crippen molar-refractivity contribution in [2.24, 2.45) is 0 Å². The molecule has 5 heteroatoms. The molecule has 0 saturated carbocycles. The summed E-state index contributed by atoms with van der Waals surface area (Å²) in [5.41, 5.74) is 0.282. The van der Waals surface area contributed by atoms with Gasteiger partial charge < -0.3 is 5.11 Å². The summed E-state index contributed by atoms with van der Waals surface area (Å²) in [6.45, 7) is 0. The molecule has 0 heterocycles. The van der Waals surface area contributed by atoms with E-state index in [9.17, 15) is 13.9 Å². The van der Waals surface area contributed by atoms with E-state index in [1.807, 2.05) is 0 Å². The van der Waals surface area contributed by atoms with Crippen LogP contribution in [0.5, 0.6) is 0 Å². The normalized spacial score (nSPS) is 12.5. The quantitative estimate of drug-likeness (QED) is 0.856. The molecule has 0 aliphatic rings. The molecule has 1 atom stereocenters. The van der Waals surface area contributed by atoms with Crippen molar-refractivity contribution >= 4 is 27.5 Å². The first-order chi connectivity index (χ1) is 9.00. The van der Waals surface area contributed by atoms with E-state index in [0.717, 1.165) is 0 Å². The Morgan fingerprint density at radius 3 is 2.53 bits per heavy atom. The molecule has 1 unspecified atom stereocenters. The summed E-state index contributed by atoms with van der Waals surface area (Å²) in [5.74, 6) is -1.07. The maximum absolute atomic E-state index is 13.8. The number of rotatable bonds is 3. The Kier molecular flexibility index (Phi) is 4.55. The summed E-state index contributed by atoms with van der Waals surface area (Å²) >= 11 is 8.92. The van der Waals surface area contributed by atoms with E-state index < -0.39 is 17.7 Å². The maximum atomic E-state index is 13.8. The van der Waals surface area contributed by atoms with Crippen molar-refractivity contribution in [1.29, 1.82) is 0 Å². The number of aliphatic hydroxyl groups excluding tert-OH is 1. The first-order valence-corrected chi connectivity index (χ1v) is 6.72. The highest BCUT2D eigenvalue weighted by atomic mass is 79.9. The second kappa shape index (κ2) is 5.99. The SMILES string of the molecule is OC(Cc1c(F)cccc1Cl)c1cccc(Br)c1F. The lowest BCUT2D eigenvalue weighted by Crippen LogP contribution is -2.06. The van der Waals surface area contributed by atoms with Crippen LogP contribution in [0.15, 0.2) is 40.9 Å². The second-order valence-corrected chi connectivity index (χ2v) is 5.32. The van der Waals surface area contributed by atoms with E-state index in [0.29, 0.717) is 0 Å². The number of aliphatic hydroxyl groups is 1. The molecular formula is C14H10BrClF2O. The van der Waals surface area contributed by atoms with Gasteiger partial charge in [0.1, 0.15) is 11.6 Å². The molecule has 0 radical (unpaired) electrons. The van der Waals surface area contributed by atoms with Gasteiger partial charge in [-0.2, -0.15) is 0 Å². The van der Waals surface area contributed by atoms with Gasteiger partial charge >= 0.3 is 0 Å². The third-order valence-corrected chi connectivity index (χ3v) is 3.77. The van der Waals surface area contributed by atoms with Crippen molar-refractivity contribution in [1.82, 2.24) is 0 Å². The van der Waals surface area contributed by atoms with Gasteiger partial charge in [-0.05, 0) is 34.1 Å². The van der Waals surface area contributed by atoms with Crippen molar-refractivity contribution in [2.75, 3.05) is 0 Å². The third-order valence-electron chi connectivity index (χ3n) is 2.80. The summed E-state index contributed by atoms with van der Waals surface area (Å²) in [6, 6.07) is 8.86. The van der Waals surface area contributed by atoms with E-state index in [1.54, 1.807) is 6.07 Å². The largest absolute Gasteiger partial charge is 0.388 e. The van der Waals surface area contributed by atoms with E-state index >= 15 is 0 Å². The van der Waals surface area contributed by atoms with Crippen LogP contribution in [0, 0.1) is 11.6 Å². The molecule has 2 rings (SSSR count). The van der Waals surface area contributed by atoms with Gasteiger partial charge in [-0.15, -0.1) is 0 Å². The first kappa shape index (κ1) is 14.4. The van der Waals surface area contributed by atoms with E-state index in [-0.39, 0.29) is 27.0 Å². The summed E-state index contributed by atoms with van der Waals surface area (Å²) in [4.78, 5) is 0. The average molecular weight is 348 g/mol. The van der Waals surface area contributed by atoms with Crippen LogP contribution in [0.4, 0.5) is 8.78 Å². The molecule has 0 spiro atoms. The van der Waals surface area contributed by atoms with Crippen LogP contribution in [-0.2, 0) is 6.42 Å². The molecule has 1 nitrogen and oxygen atoms in total.